The number of aromatic nitrogens is 1. The molecule has 2 aromatic rings. The van der Waals surface area contributed by atoms with E-state index in [1.807, 2.05) is 54.2 Å². The lowest BCUT2D eigenvalue weighted by atomic mass is 10.0. The zero-order valence-corrected chi connectivity index (χ0v) is 18.0. The van der Waals surface area contributed by atoms with Crippen molar-refractivity contribution >= 4 is 29.6 Å². The second kappa shape index (κ2) is 11.4. The van der Waals surface area contributed by atoms with E-state index in [9.17, 15) is 9.59 Å². The van der Waals surface area contributed by atoms with Gasteiger partial charge in [0.1, 0.15) is 5.82 Å². The van der Waals surface area contributed by atoms with Crippen LogP contribution in [0, 0.1) is 0 Å². The maximum absolute atomic E-state index is 12.5. The fourth-order valence-corrected chi connectivity index (χ4v) is 4.15. The Kier molecular flexibility index (Phi) is 8.38. The quantitative estimate of drug-likeness (QED) is 0.629. The number of urea groups is 1. The first kappa shape index (κ1) is 22.0. The molecule has 1 aromatic carbocycles. The fourth-order valence-electron chi connectivity index (χ4n) is 3.25. The number of anilines is 1. The molecule has 2 N–H and O–H groups in total. The first-order valence-electron chi connectivity index (χ1n) is 10.2. The summed E-state index contributed by atoms with van der Waals surface area (Å²) in [5, 5.41) is 5.77. The topological polar surface area (TPSA) is 83.6 Å². The van der Waals surface area contributed by atoms with Gasteiger partial charge in [-0.2, -0.15) is 11.8 Å². The van der Waals surface area contributed by atoms with Crippen molar-refractivity contribution in [2.45, 2.75) is 25.9 Å². The number of hydrogen-bond acceptors (Lipinski definition) is 6. The first-order chi connectivity index (χ1) is 14.7. The molecule has 0 saturated carbocycles. The normalized spacial score (nSPS) is 14.6. The lowest BCUT2D eigenvalue weighted by Crippen LogP contribution is -2.38. The van der Waals surface area contributed by atoms with Crippen molar-refractivity contribution in [3.05, 3.63) is 59.8 Å². The highest BCUT2D eigenvalue weighted by Crippen LogP contribution is 2.19. The lowest BCUT2D eigenvalue weighted by molar-refractivity contribution is -0.143. The van der Waals surface area contributed by atoms with Crippen LogP contribution in [0.4, 0.5) is 10.6 Å². The lowest BCUT2D eigenvalue weighted by Gasteiger charge is -2.27. The number of esters is 1. The van der Waals surface area contributed by atoms with Crippen molar-refractivity contribution in [3.8, 4) is 0 Å². The maximum Gasteiger partial charge on any atom is 0.315 e. The summed E-state index contributed by atoms with van der Waals surface area (Å²) in [5.41, 5.74) is 1.84. The second-order valence-electron chi connectivity index (χ2n) is 6.92. The van der Waals surface area contributed by atoms with E-state index in [1.54, 1.807) is 13.1 Å². The average Bonchev–Trinajstić information content (AvgIpc) is 2.79. The summed E-state index contributed by atoms with van der Waals surface area (Å²) in [5.74, 6) is 2.81. The van der Waals surface area contributed by atoms with Crippen molar-refractivity contribution < 1.29 is 14.3 Å². The number of pyridine rings is 1. The summed E-state index contributed by atoms with van der Waals surface area (Å²) in [6.45, 7) is 4.43. The SMILES string of the molecule is CCOC(=O)C[C@@H](NC(=O)NCc1ccnc(N2CCSCC2)c1)c1ccccc1. The van der Waals surface area contributed by atoms with Gasteiger partial charge < -0.3 is 20.3 Å². The van der Waals surface area contributed by atoms with Crippen LogP contribution in [0.3, 0.4) is 0 Å². The van der Waals surface area contributed by atoms with Gasteiger partial charge in [-0.3, -0.25) is 4.79 Å². The third kappa shape index (κ3) is 6.66. The Labute approximate surface area is 181 Å². The highest BCUT2D eigenvalue weighted by molar-refractivity contribution is 7.99. The third-order valence-corrected chi connectivity index (χ3v) is 5.72. The maximum atomic E-state index is 12.5. The molecule has 3 rings (SSSR count). The molecule has 30 heavy (non-hydrogen) atoms. The van der Waals surface area contributed by atoms with Crippen LogP contribution in [0.15, 0.2) is 48.7 Å². The molecule has 2 amide bonds. The van der Waals surface area contributed by atoms with Crippen LogP contribution in [-0.4, -0.2) is 48.2 Å². The number of nitrogens with zero attached hydrogens (tertiary/aromatic N) is 2. The molecule has 0 bridgehead atoms. The number of benzene rings is 1. The first-order valence-corrected chi connectivity index (χ1v) is 11.3. The van der Waals surface area contributed by atoms with Crippen LogP contribution in [0.25, 0.3) is 0 Å². The highest BCUT2D eigenvalue weighted by atomic mass is 32.2. The highest BCUT2D eigenvalue weighted by Gasteiger charge is 2.19. The number of rotatable bonds is 8. The standard InChI is InChI=1S/C22H28N4O3S/c1-2-29-21(27)15-19(18-6-4-3-5-7-18)25-22(28)24-16-17-8-9-23-20(14-17)26-10-12-30-13-11-26/h3-9,14,19H,2,10-13,15-16H2,1H3,(H2,24,25,28)/t19-/m1/s1. The van der Waals surface area contributed by atoms with Gasteiger partial charge in [0, 0.05) is 37.3 Å². The van der Waals surface area contributed by atoms with Crippen molar-refractivity contribution in [2.24, 2.45) is 0 Å². The second-order valence-corrected chi connectivity index (χ2v) is 8.15. The van der Waals surface area contributed by atoms with Crippen molar-refractivity contribution in [1.29, 1.82) is 0 Å². The number of carbonyl (C=O) groups excluding carboxylic acids is 2. The molecule has 0 aliphatic carbocycles. The number of ether oxygens (including phenoxy) is 1. The minimum atomic E-state index is -0.455. The van der Waals surface area contributed by atoms with Crippen molar-refractivity contribution in [3.63, 3.8) is 0 Å². The number of hydrogen-bond donors (Lipinski definition) is 2. The summed E-state index contributed by atoms with van der Waals surface area (Å²) < 4.78 is 5.05. The van der Waals surface area contributed by atoms with Crippen LogP contribution >= 0.6 is 11.8 Å². The Morgan fingerprint density at radius 2 is 1.97 bits per heavy atom. The Morgan fingerprint density at radius 3 is 2.70 bits per heavy atom. The molecule has 1 aromatic heterocycles. The van der Waals surface area contributed by atoms with Crippen LogP contribution in [0.5, 0.6) is 0 Å². The average molecular weight is 429 g/mol. The van der Waals surface area contributed by atoms with Gasteiger partial charge in [-0.25, -0.2) is 9.78 Å². The Hall–Kier alpha value is -2.74. The zero-order chi connectivity index (χ0) is 21.2. The Bertz CT molecular complexity index is 828. The number of nitrogens with one attached hydrogen (secondary N) is 2. The van der Waals surface area contributed by atoms with Gasteiger partial charge in [-0.15, -0.1) is 0 Å². The van der Waals surface area contributed by atoms with Crippen molar-refractivity contribution in [2.75, 3.05) is 36.1 Å². The van der Waals surface area contributed by atoms with Gasteiger partial charge >= 0.3 is 12.0 Å². The molecule has 0 radical (unpaired) electrons. The summed E-state index contributed by atoms with van der Waals surface area (Å²) in [6, 6.07) is 12.6. The van der Waals surface area contributed by atoms with E-state index in [2.05, 4.69) is 20.5 Å². The summed E-state index contributed by atoms with van der Waals surface area (Å²) in [6.07, 6.45) is 1.86. The van der Waals surface area contributed by atoms with E-state index < -0.39 is 6.04 Å². The summed E-state index contributed by atoms with van der Waals surface area (Å²) in [7, 11) is 0. The molecule has 7 nitrogen and oxygen atoms in total. The fraction of sp³-hybridized carbons (Fsp3) is 0.409. The number of amides is 2. The smallest absolute Gasteiger partial charge is 0.315 e. The van der Waals surface area contributed by atoms with Crippen LogP contribution in [0.1, 0.15) is 30.5 Å². The summed E-state index contributed by atoms with van der Waals surface area (Å²) >= 11 is 1.95. The molecule has 8 heteroatoms. The molecule has 160 valence electrons. The van der Waals surface area contributed by atoms with Gasteiger partial charge in [-0.05, 0) is 30.2 Å². The molecule has 1 saturated heterocycles. The van der Waals surface area contributed by atoms with E-state index in [-0.39, 0.29) is 18.4 Å². The number of carbonyl (C=O) groups is 2. The number of thioether (sulfide) groups is 1. The van der Waals surface area contributed by atoms with E-state index in [0.29, 0.717) is 13.2 Å². The van der Waals surface area contributed by atoms with Gasteiger partial charge in [0.05, 0.1) is 19.1 Å². The van der Waals surface area contributed by atoms with Gasteiger partial charge in [0.2, 0.25) is 0 Å². The molecule has 1 aliphatic heterocycles. The van der Waals surface area contributed by atoms with E-state index >= 15 is 0 Å². The molecular formula is C22H28N4O3S. The predicted octanol–water partition coefficient (Wildman–Crippen LogP) is 3.13. The molecule has 1 atom stereocenters. The molecule has 0 spiro atoms. The van der Waals surface area contributed by atoms with E-state index in [4.69, 9.17) is 4.74 Å². The molecule has 0 unspecified atom stereocenters. The predicted molar refractivity (Wildman–Crippen MR) is 120 cm³/mol. The van der Waals surface area contributed by atoms with Crippen LogP contribution in [-0.2, 0) is 16.1 Å². The van der Waals surface area contributed by atoms with E-state index in [0.717, 1.165) is 41.5 Å². The minimum Gasteiger partial charge on any atom is -0.466 e. The summed E-state index contributed by atoms with van der Waals surface area (Å²) in [4.78, 5) is 31.2. The zero-order valence-electron chi connectivity index (χ0n) is 17.2. The van der Waals surface area contributed by atoms with Crippen LogP contribution < -0.4 is 15.5 Å². The minimum absolute atomic E-state index is 0.0810. The van der Waals surface area contributed by atoms with Gasteiger partial charge in [0.25, 0.3) is 0 Å². The van der Waals surface area contributed by atoms with Crippen LogP contribution in [0.2, 0.25) is 0 Å². The van der Waals surface area contributed by atoms with E-state index in [1.165, 1.54) is 0 Å². The molecule has 2 heterocycles. The largest absolute Gasteiger partial charge is 0.466 e. The Morgan fingerprint density at radius 1 is 1.20 bits per heavy atom. The molecular weight excluding hydrogens is 400 g/mol. The Balaban J connectivity index is 1.58. The van der Waals surface area contributed by atoms with Crippen molar-refractivity contribution in [1.82, 2.24) is 15.6 Å². The molecule has 1 fully saturated rings. The van der Waals surface area contributed by atoms with Gasteiger partial charge in [-0.1, -0.05) is 30.3 Å². The monoisotopic (exact) mass is 428 g/mol. The third-order valence-electron chi connectivity index (χ3n) is 4.78. The van der Waals surface area contributed by atoms with Gasteiger partial charge in [0.15, 0.2) is 0 Å². The molecule has 1 aliphatic rings.